The van der Waals surface area contributed by atoms with Gasteiger partial charge in [-0.2, -0.15) is 9.97 Å². The van der Waals surface area contributed by atoms with E-state index in [1.54, 1.807) is 0 Å². The van der Waals surface area contributed by atoms with E-state index in [0.717, 1.165) is 151 Å². The summed E-state index contributed by atoms with van der Waals surface area (Å²) in [5.74, 6) is 6.36. The molecule has 2 aliphatic rings. The van der Waals surface area contributed by atoms with E-state index in [1.165, 1.54) is 86.6 Å². The SMILES string of the molecule is Clc1nc(-n2c3ccccc3c3ccccc32)cc(-n2c3ccccc3c3ccccc32)n1.c1ccc2c(c1)oc1ccc(-c3nc(-n4c5ccccc5c5ccccc54)cc(-n4c5ccccc5c5ccccc54)n3)cc12.c1ccc2c(c1)oc1ccc(-c3nc4c5c(n3)-n3c6ccccc6c6cccc(c63)B5c3cccc5c6ccccc6n-4c35)cc12. The van der Waals surface area contributed by atoms with Crippen LogP contribution < -0.4 is 16.4 Å². The van der Waals surface area contributed by atoms with Gasteiger partial charge in [-0.15, -0.1) is 0 Å². The first-order valence-electron chi connectivity index (χ1n) is 41.6. The van der Waals surface area contributed by atoms with E-state index in [4.69, 9.17) is 40.4 Å². The van der Waals surface area contributed by atoms with Gasteiger partial charge in [0.1, 0.15) is 57.2 Å². The molecule has 29 rings (SSSR count). The number of furan rings is 2. The fourth-order valence-corrected chi connectivity index (χ4v) is 20.6. The summed E-state index contributed by atoms with van der Waals surface area (Å²) >= 11 is 6.54. The van der Waals surface area contributed by atoms with Crippen molar-refractivity contribution in [2.75, 3.05) is 0 Å². The van der Waals surface area contributed by atoms with Gasteiger partial charge < -0.3 is 8.83 Å². The topological polar surface area (TPSA) is 133 Å². The summed E-state index contributed by atoms with van der Waals surface area (Å²) in [6.45, 7) is 0.0142. The summed E-state index contributed by atoms with van der Waals surface area (Å²) in [4.78, 5) is 30.9. The number of rotatable bonds is 6. The highest BCUT2D eigenvalue weighted by Crippen LogP contribution is 2.44. The van der Waals surface area contributed by atoms with E-state index in [0.29, 0.717) is 11.6 Å². The monoisotopic (exact) mass is 1600 g/mol. The molecule has 0 aliphatic carbocycles. The highest BCUT2D eigenvalue weighted by atomic mass is 35.5. The van der Waals surface area contributed by atoms with E-state index < -0.39 is 0 Å². The molecule has 27 aromatic rings. The first kappa shape index (κ1) is 68.4. The molecule has 11 aromatic heterocycles. The average Bonchev–Trinajstić information content (AvgIpc) is 0.723. The van der Waals surface area contributed by atoms with Gasteiger partial charge in [-0.05, 0) is 132 Å². The van der Waals surface area contributed by atoms with Crippen LogP contribution in [0.5, 0.6) is 0 Å². The highest BCUT2D eigenvalue weighted by molar-refractivity contribution is 7.00. The maximum Gasteiger partial charge on any atom is 0.256 e. The molecule has 0 bridgehead atoms. The molecule has 0 saturated carbocycles. The van der Waals surface area contributed by atoms with Crippen LogP contribution in [-0.2, 0) is 0 Å². The van der Waals surface area contributed by atoms with Gasteiger partial charge in [-0.1, -0.05) is 255 Å². The number of hydrogen-bond acceptors (Lipinski definition) is 8. The molecule has 14 nitrogen and oxygen atoms in total. The van der Waals surface area contributed by atoms with Crippen LogP contribution in [0.1, 0.15) is 0 Å². The number of hydrogen-bond donors (Lipinski definition) is 0. The predicted octanol–water partition coefficient (Wildman–Crippen LogP) is 24.9. The Morgan fingerprint density at radius 3 is 0.782 bits per heavy atom. The zero-order valence-corrected chi connectivity index (χ0v) is 66.7. The number of benzene rings is 16. The van der Waals surface area contributed by atoms with Crippen molar-refractivity contribution in [3.8, 4) is 57.7 Å². The van der Waals surface area contributed by atoms with Gasteiger partial charge in [0.25, 0.3) is 6.71 Å². The van der Waals surface area contributed by atoms with E-state index in [2.05, 4.69) is 347 Å². The van der Waals surface area contributed by atoms with Gasteiger partial charge in [0.15, 0.2) is 11.6 Å². The van der Waals surface area contributed by atoms with Gasteiger partial charge in [-0.3, -0.25) is 27.4 Å². The molecule has 576 valence electrons. The Balaban J connectivity index is 0.0000000987. The molecule has 0 spiro atoms. The summed E-state index contributed by atoms with van der Waals surface area (Å²) in [7, 11) is 0. The van der Waals surface area contributed by atoms with Crippen molar-refractivity contribution in [3.63, 3.8) is 0 Å². The van der Waals surface area contributed by atoms with Crippen LogP contribution in [-0.4, -0.2) is 64.0 Å². The Bertz CT molecular complexity index is 8680. The fourth-order valence-electron chi connectivity index (χ4n) is 20.5. The minimum atomic E-state index is 0.0142. The summed E-state index contributed by atoms with van der Waals surface area (Å²) in [5.41, 5.74) is 22.7. The van der Waals surface area contributed by atoms with E-state index >= 15 is 0 Å². The molecular formula is C108H62BClN12O2. The normalized spacial score (nSPS) is 12.4. The van der Waals surface area contributed by atoms with E-state index in [1.807, 2.05) is 66.7 Å². The Labute approximate surface area is 709 Å². The lowest BCUT2D eigenvalue weighted by Gasteiger charge is -2.32. The molecule has 0 N–H and O–H groups in total. The second-order valence-electron chi connectivity index (χ2n) is 32.1. The summed E-state index contributed by atoms with van der Waals surface area (Å²) in [6.07, 6.45) is 0. The molecule has 0 atom stereocenters. The minimum Gasteiger partial charge on any atom is -0.456 e. The molecular weight excluding hydrogens is 1540 g/mol. The molecule has 124 heavy (non-hydrogen) atoms. The average molecular weight is 1610 g/mol. The van der Waals surface area contributed by atoms with Crippen molar-refractivity contribution in [2.45, 2.75) is 0 Å². The largest absolute Gasteiger partial charge is 0.456 e. The lowest BCUT2D eigenvalue weighted by molar-refractivity contribution is 0.668. The van der Waals surface area contributed by atoms with Crippen LogP contribution in [0.3, 0.4) is 0 Å². The van der Waals surface area contributed by atoms with Gasteiger partial charge in [0.2, 0.25) is 5.28 Å². The summed E-state index contributed by atoms with van der Waals surface area (Å²) in [5, 5.41) is 19.0. The third kappa shape index (κ3) is 9.88. The van der Waals surface area contributed by atoms with Crippen LogP contribution in [0.25, 0.3) is 232 Å². The Morgan fingerprint density at radius 1 is 0.210 bits per heavy atom. The maximum atomic E-state index is 6.54. The van der Waals surface area contributed by atoms with Crippen LogP contribution >= 0.6 is 11.6 Å². The molecule has 0 saturated heterocycles. The zero-order valence-electron chi connectivity index (χ0n) is 65.9. The Kier molecular flexibility index (Phi) is 14.5. The van der Waals surface area contributed by atoms with Crippen molar-refractivity contribution in [1.29, 1.82) is 0 Å². The maximum absolute atomic E-state index is 6.54. The Morgan fingerprint density at radius 2 is 0.460 bits per heavy atom. The number of para-hydroxylation sites is 14. The molecule has 0 fully saturated rings. The number of nitrogens with zero attached hydrogens (tertiary/aromatic N) is 12. The van der Waals surface area contributed by atoms with Crippen molar-refractivity contribution in [2.24, 2.45) is 0 Å². The molecule has 0 radical (unpaired) electrons. The van der Waals surface area contributed by atoms with Crippen LogP contribution in [0.2, 0.25) is 5.28 Å². The van der Waals surface area contributed by atoms with E-state index in [9.17, 15) is 0 Å². The number of fused-ring (bicyclic) bond motifs is 28. The highest BCUT2D eigenvalue weighted by Gasteiger charge is 2.43. The molecule has 2 aliphatic heterocycles. The Hall–Kier alpha value is -16.5. The van der Waals surface area contributed by atoms with Crippen LogP contribution in [0, 0.1) is 0 Å². The minimum absolute atomic E-state index is 0.0142. The second kappa shape index (κ2) is 26.3. The van der Waals surface area contributed by atoms with Crippen molar-refractivity contribution in [1.82, 2.24) is 57.3 Å². The smallest absolute Gasteiger partial charge is 0.256 e. The first-order chi connectivity index (χ1) is 61.4. The van der Waals surface area contributed by atoms with E-state index in [-0.39, 0.29) is 12.0 Å². The van der Waals surface area contributed by atoms with Crippen molar-refractivity contribution in [3.05, 3.63) is 381 Å². The molecule has 16 heteroatoms. The van der Waals surface area contributed by atoms with Gasteiger partial charge in [0, 0.05) is 115 Å². The van der Waals surface area contributed by atoms with Gasteiger partial charge >= 0.3 is 0 Å². The summed E-state index contributed by atoms with van der Waals surface area (Å²) in [6, 6.07) is 132. The van der Waals surface area contributed by atoms with Crippen molar-refractivity contribution >= 4 is 209 Å². The van der Waals surface area contributed by atoms with Crippen molar-refractivity contribution < 1.29 is 8.83 Å². The van der Waals surface area contributed by atoms with Crippen LogP contribution in [0.15, 0.2) is 385 Å². The molecule has 0 unspecified atom stereocenters. The van der Waals surface area contributed by atoms with Crippen LogP contribution in [0.4, 0.5) is 0 Å². The second-order valence-corrected chi connectivity index (χ2v) is 32.4. The molecule has 13 heterocycles. The third-order valence-corrected chi connectivity index (χ3v) is 25.7. The quantitative estimate of drug-likeness (QED) is 0.119. The standard InChI is InChI=1S/C40H21BN4O.C40H24N4O.C28H17ClN4/c1-4-16-31-23(9-1)26-12-7-14-29-36(26)44(31)39-35-40(45-32-17-5-2-10-24(32)27-13-8-15-30(37(27)45)41(29)35)43-38(42-39)22-19-20-34-28(21-22)25-11-3-6-18-33(25)46-34;1-6-16-32-26(11-1)27-12-2-7-17-33(27)43(32)38-24-39(44-34-18-8-3-13-28(34)29-14-4-9-19-35(29)44)42-40(41-38)25-21-22-37-31(23-25)30-15-5-10-20-36(30)45-37;29-28-30-26(32-22-13-5-1-9-18(22)19-10-2-6-14-23(19)32)17-27(31-28)33-24-15-7-3-11-20(24)21-12-4-8-16-25(21)33/h1-21H;1-24H;1-17H. The lowest BCUT2D eigenvalue weighted by atomic mass is 9.35. The number of halogens is 1. The number of aromatic nitrogens is 12. The third-order valence-electron chi connectivity index (χ3n) is 25.6. The molecule has 16 aromatic carbocycles. The summed E-state index contributed by atoms with van der Waals surface area (Å²) < 4.78 is 26.0. The van der Waals surface area contributed by atoms with Gasteiger partial charge in [0.05, 0.1) is 66.2 Å². The zero-order chi connectivity index (χ0) is 81.1. The molecule has 0 amide bonds. The first-order valence-corrected chi connectivity index (χ1v) is 42.0. The fraction of sp³-hybridized carbons (Fsp3) is 0. The predicted molar refractivity (Wildman–Crippen MR) is 507 cm³/mol. The lowest BCUT2D eigenvalue weighted by Crippen LogP contribution is -2.60. The van der Waals surface area contributed by atoms with Gasteiger partial charge in [-0.25, -0.2) is 19.9 Å².